The monoisotopic (exact) mass is 288 g/mol. The molecule has 3 rings (SSSR count). The molecule has 1 atom stereocenters. The number of aliphatic carboxylic acids is 1. The fourth-order valence-corrected chi connectivity index (χ4v) is 2.91. The first-order chi connectivity index (χ1) is 10.1. The van der Waals surface area contributed by atoms with Gasteiger partial charge in [0.25, 0.3) is 0 Å². The van der Waals surface area contributed by atoms with Gasteiger partial charge in [0.05, 0.1) is 0 Å². The summed E-state index contributed by atoms with van der Waals surface area (Å²) in [6, 6.07) is 9.23. The second-order valence-electron chi connectivity index (χ2n) is 6.72. The predicted octanol–water partition coefficient (Wildman–Crippen LogP) is 2.05. The van der Waals surface area contributed by atoms with E-state index in [1.165, 1.54) is 25.7 Å². The zero-order valence-corrected chi connectivity index (χ0v) is 12.4. The molecule has 3 N–H and O–H groups in total. The number of hydrogen-bond acceptors (Lipinski definition) is 3. The second kappa shape index (κ2) is 5.78. The normalized spacial score (nSPS) is 21.2. The van der Waals surface area contributed by atoms with Gasteiger partial charge in [0.1, 0.15) is 0 Å². The van der Waals surface area contributed by atoms with Crippen molar-refractivity contribution in [2.45, 2.75) is 31.2 Å². The Hall–Kier alpha value is -1.39. The average molecular weight is 288 g/mol. The second-order valence-corrected chi connectivity index (χ2v) is 6.72. The van der Waals surface area contributed by atoms with Crippen LogP contribution in [-0.4, -0.2) is 35.6 Å². The van der Waals surface area contributed by atoms with Gasteiger partial charge in [-0.1, -0.05) is 30.3 Å². The highest BCUT2D eigenvalue weighted by Crippen LogP contribution is 2.35. The van der Waals surface area contributed by atoms with E-state index < -0.39 is 11.5 Å². The molecular weight excluding hydrogens is 264 g/mol. The number of nitrogens with two attached hydrogens (primary N) is 1. The van der Waals surface area contributed by atoms with Crippen molar-refractivity contribution in [2.75, 3.05) is 19.6 Å². The molecule has 4 nitrogen and oxygen atoms in total. The first kappa shape index (κ1) is 14.5. The molecule has 0 radical (unpaired) electrons. The standard InChI is InChI=1S/C17H24N2O2/c18-17(16(20)21,15-4-2-1-3-5-15)12-19(10-13-6-7-13)11-14-8-9-14/h1-5,13-14H,6-12,18H2,(H,20,21). The van der Waals surface area contributed by atoms with Gasteiger partial charge in [-0.05, 0) is 43.1 Å². The average Bonchev–Trinajstić information content (AvgIpc) is 3.36. The molecule has 2 fully saturated rings. The Balaban J connectivity index is 1.76. The van der Waals surface area contributed by atoms with Crippen molar-refractivity contribution in [1.29, 1.82) is 0 Å². The summed E-state index contributed by atoms with van der Waals surface area (Å²) in [5.74, 6) is 0.556. The van der Waals surface area contributed by atoms with Crippen LogP contribution in [0, 0.1) is 11.8 Å². The minimum atomic E-state index is -1.31. The van der Waals surface area contributed by atoms with Crippen LogP contribution in [0.25, 0.3) is 0 Å². The number of carboxylic acids is 1. The van der Waals surface area contributed by atoms with Crippen LogP contribution in [0.3, 0.4) is 0 Å². The third kappa shape index (κ3) is 3.63. The van der Waals surface area contributed by atoms with E-state index in [1.54, 1.807) is 0 Å². The lowest BCUT2D eigenvalue weighted by atomic mass is 9.90. The predicted molar refractivity (Wildman–Crippen MR) is 81.8 cm³/mol. The molecule has 0 saturated heterocycles. The van der Waals surface area contributed by atoms with Crippen molar-refractivity contribution < 1.29 is 9.90 Å². The summed E-state index contributed by atoms with van der Waals surface area (Å²) in [7, 11) is 0. The molecule has 0 amide bonds. The molecule has 21 heavy (non-hydrogen) atoms. The van der Waals surface area contributed by atoms with E-state index in [9.17, 15) is 9.90 Å². The van der Waals surface area contributed by atoms with Gasteiger partial charge in [0, 0.05) is 19.6 Å². The molecule has 0 aliphatic heterocycles. The molecule has 0 aromatic heterocycles. The van der Waals surface area contributed by atoms with Crippen molar-refractivity contribution in [2.24, 2.45) is 17.6 Å². The molecular formula is C17H24N2O2. The summed E-state index contributed by atoms with van der Waals surface area (Å²) in [4.78, 5) is 14.1. The maximum absolute atomic E-state index is 11.8. The van der Waals surface area contributed by atoms with Gasteiger partial charge >= 0.3 is 5.97 Å². The molecule has 1 aromatic rings. The van der Waals surface area contributed by atoms with Gasteiger partial charge in [-0.25, -0.2) is 4.79 Å². The van der Waals surface area contributed by atoms with E-state index >= 15 is 0 Å². The number of rotatable bonds is 8. The first-order valence-corrected chi connectivity index (χ1v) is 7.88. The molecule has 0 bridgehead atoms. The quantitative estimate of drug-likeness (QED) is 0.768. The first-order valence-electron chi connectivity index (χ1n) is 7.88. The van der Waals surface area contributed by atoms with Crippen LogP contribution < -0.4 is 5.73 Å². The third-order valence-electron chi connectivity index (χ3n) is 4.57. The van der Waals surface area contributed by atoms with E-state index in [4.69, 9.17) is 5.73 Å². The molecule has 1 aromatic carbocycles. The summed E-state index contributed by atoms with van der Waals surface area (Å²) in [6.07, 6.45) is 5.10. The Morgan fingerprint density at radius 1 is 1.14 bits per heavy atom. The van der Waals surface area contributed by atoms with E-state index in [0.29, 0.717) is 12.1 Å². The maximum atomic E-state index is 11.8. The molecule has 2 saturated carbocycles. The van der Waals surface area contributed by atoms with Crippen molar-refractivity contribution in [3.8, 4) is 0 Å². The van der Waals surface area contributed by atoms with Crippen LogP contribution in [0.2, 0.25) is 0 Å². The summed E-state index contributed by atoms with van der Waals surface area (Å²) in [5, 5.41) is 9.68. The molecule has 114 valence electrons. The summed E-state index contributed by atoms with van der Waals surface area (Å²) in [5.41, 5.74) is 5.69. The highest BCUT2D eigenvalue weighted by molar-refractivity contribution is 5.80. The van der Waals surface area contributed by atoms with Gasteiger partial charge in [-0.3, -0.25) is 0 Å². The van der Waals surface area contributed by atoms with E-state index in [-0.39, 0.29) is 0 Å². The van der Waals surface area contributed by atoms with Crippen LogP contribution in [-0.2, 0) is 10.3 Å². The molecule has 1 unspecified atom stereocenters. The van der Waals surface area contributed by atoms with Crippen LogP contribution in [0.1, 0.15) is 31.2 Å². The van der Waals surface area contributed by atoms with Crippen LogP contribution >= 0.6 is 0 Å². The maximum Gasteiger partial charge on any atom is 0.329 e. The smallest absolute Gasteiger partial charge is 0.329 e. The van der Waals surface area contributed by atoms with Gasteiger partial charge in [-0.15, -0.1) is 0 Å². The molecule has 0 spiro atoms. The van der Waals surface area contributed by atoms with Crippen molar-refractivity contribution >= 4 is 5.97 Å². The molecule has 0 heterocycles. The van der Waals surface area contributed by atoms with Crippen molar-refractivity contribution in [1.82, 2.24) is 4.90 Å². The minimum Gasteiger partial charge on any atom is -0.480 e. The zero-order valence-electron chi connectivity index (χ0n) is 12.4. The van der Waals surface area contributed by atoms with E-state index in [1.807, 2.05) is 30.3 Å². The van der Waals surface area contributed by atoms with Gasteiger partial charge in [0.15, 0.2) is 5.54 Å². The highest BCUT2D eigenvalue weighted by atomic mass is 16.4. The van der Waals surface area contributed by atoms with E-state index in [2.05, 4.69) is 4.90 Å². The minimum absolute atomic E-state index is 0.402. The van der Waals surface area contributed by atoms with Crippen molar-refractivity contribution in [3.05, 3.63) is 35.9 Å². The van der Waals surface area contributed by atoms with E-state index in [0.717, 1.165) is 24.9 Å². The Kier molecular flexibility index (Phi) is 4.00. The molecule has 2 aliphatic carbocycles. The summed E-state index contributed by atoms with van der Waals surface area (Å²) in [6.45, 7) is 2.39. The molecule has 2 aliphatic rings. The lowest BCUT2D eigenvalue weighted by Gasteiger charge is -2.33. The Morgan fingerprint density at radius 3 is 2.10 bits per heavy atom. The lowest BCUT2D eigenvalue weighted by molar-refractivity contribution is -0.144. The number of carbonyl (C=O) groups is 1. The van der Waals surface area contributed by atoms with Crippen LogP contribution in [0.15, 0.2) is 30.3 Å². The van der Waals surface area contributed by atoms with Crippen LogP contribution in [0.4, 0.5) is 0 Å². The Bertz CT molecular complexity index is 483. The lowest BCUT2D eigenvalue weighted by Crippen LogP contribution is -2.54. The number of carboxylic acid groups (broad SMARTS) is 1. The largest absolute Gasteiger partial charge is 0.480 e. The van der Waals surface area contributed by atoms with Crippen molar-refractivity contribution in [3.63, 3.8) is 0 Å². The SMILES string of the molecule is NC(CN(CC1CC1)CC1CC1)(C(=O)O)c1ccccc1. The van der Waals surface area contributed by atoms with Gasteiger partial charge in [0.2, 0.25) is 0 Å². The topological polar surface area (TPSA) is 66.6 Å². The Morgan fingerprint density at radius 2 is 1.67 bits per heavy atom. The number of nitrogens with zero attached hydrogens (tertiary/aromatic N) is 1. The summed E-state index contributed by atoms with van der Waals surface area (Å²) < 4.78 is 0. The third-order valence-corrected chi connectivity index (χ3v) is 4.57. The Labute approximate surface area is 125 Å². The van der Waals surface area contributed by atoms with Gasteiger partial charge < -0.3 is 15.7 Å². The fourth-order valence-electron chi connectivity index (χ4n) is 2.91. The zero-order chi connectivity index (χ0) is 14.9. The van der Waals surface area contributed by atoms with Gasteiger partial charge in [-0.2, -0.15) is 0 Å². The highest BCUT2D eigenvalue weighted by Gasteiger charge is 2.40. The fraction of sp³-hybridized carbons (Fsp3) is 0.588. The number of hydrogen-bond donors (Lipinski definition) is 2. The molecule has 4 heteroatoms. The van der Waals surface area contributed by atoms with Crippen LogP contribution in [0.5, 0.6) is 0 Å². The summed E-state index contributed by atoms with van der Waals surface area (Å²) >= 11 is 0. The number of benzene rings is 1.